The van der Waals surface area contributed by atoms with Crippen molar-refractivity contribution in [2.75, 3.05) is 0 Å². The normalized spacial score (nSPS) is 23.6. The summed E-state index contributed by atoms with van der Waals surface area (Å²) >= 11 is 0. The highest BCUT2D eigenvalue weighted by molar-refractivity contribution is 6.06. The number of hydrogen-bond acceptors (Lipinski definition) is 6. The summed E-state index contributed by atoms with van der Waals surface area (Å²) in [5.41, 5.74) is -0.893. The summed E-state index contributed by atoms with van der Waals surface area (Å²) in [4.78, 5) is 46.9. The number of nitrogens with one attached hydrogen (secondary N) is 2. The number of allylic oxidation sites excluding steroid dienone is 2. The zero-order valence-electron chi connectivity index (χ0n) is 29.6. The monoisotopic (exact) mass is 688 g/mol. The lowest BCUT2D eigenvalue weighted by Gasteiger charge is -2.40. The number of benzene rings is 2. The fourth-order valence-corrected chi connectivity index (χ4v) is 6.94. The number of carbonyl (C=O) groups is 3. The second-order valence-electron chi connectivity index (χ2n) is 14.8. The molecule has 3 aliphatic rings. The Morgan fingerprint density at radius 3 is 2.52 bits per heavy atom. The lowest BCUT2D eigenvalue weighted by molar-refractivity contribution is -0.132. The van der Waals surface area contributed by atoms with Crippen LogP contribution in [0, 0.1) is 0 Å². The lowest BCUT2D eigenvalue weighted by Crippen LogP contribution is -2.55. The van der Waals surface area contributed by atoms with Gasteiger partial charge in [0.1, 0.15) is 17.0 Å². The fraction of sp³-hybridized carbons (Fsp3) is 0.436. The Balaban J connectivity index is 1.53. The van der Waals surface area contributed by atoms with Crippen LogP contribution in [0.4, 0.5) is 13.6 Å². The molecule has 1 aliphatic carbocycles. The van der Waals surface area contributed by atoms with Crippen LogP contribution in [0.2, 0.25) is 0 Å². The van der Waals surface area contributed by atoms with Gasteiger partial charge in [0.15, 0.2) is 0 Å². The summed E-state index contributed by atoms with van der Waals surface area (Å²) in [6, 6.07) is 7.99. The van der Waals surface area contributed by atoms with Crippen LogP contribution in [0.15, 0.2) is 72.8 Å². The quantitative estimate of drug-likeness (QED) is 0.271. The van der Waals surface area contributed by atoms with Gasteiger partial charge in [-0.25, -0.2) is 18.6 Å². The van der Waals surface area contributed by atoms with Gasteiger partial charge in [0.25, 0.3) is 11.8 Å². The third-order valence-corrected chi connectivity index (χ3v) is 9.01. The molecule has 0 spiro atoms. The molecule has 5 rings (SSSR count). The lowest BCUT2D eigenvalue weighted by atomic mass is 9.87. The number of rotatable bonds is 8. The molecule has 11 heteroatoms. The summed E-state index contributed by atoms with van der Waals surface area (Å²) in [5, 5.41) is 5.67. The van der Waals surface area contributed by atoms with Gasteiger partial charge in [0, 0.05) is 29.5 Å². The smallest absolute Gasteiger partial charge is 0.414 e. The van der Waals surface area contributed by atoms with Gasteiger partial charge < -0.3 is 14.8 Å². The van der Waals surface area contributed by atoms with Crippen molar-refractivity contribution in [2.45, 2.75) is 108 Å². The van der Waals surface area contributed by atoms with Crippen molar-refractivity contribution in [3.05, 3.63) is 95.6 Å². The highest BCUT2D eigenvalue weighted by Gasteiger charge is 2.52. The van der Waals surface area contributed by atoms with Crippen LogP contribution in [-0.2, 0) is 15.5 Å². The molecule has 0 bridgehead atoms. The Morgan fingerprint density at radius 2 is 1.86 bits per heavy atom. The van der Waals surface area contributed by atoms with Gasteiger partial charge in [-0.05, 0) is 89.8 Å². The van der Waals surface area contributed by atoms with E-state index in [1.807, 2.05) is 32.0 Å². The zero-order chi connectivity index (χ0) is 36.6. The molecule has 2 aromatic rings. The molecule has 0 radical (unpaired) electrons. The molecule has 0 saturated heterocycles. The predicted molar refractivity (Wildman–Crippen MR) is 189 cm³/mol. The van der Waals surface area contributed by atoms with E-state index in [0.29, 0.717) is 25.0 Å². The van der Waals surface area contributed by atoms with Crippen molar-refractivity contribution in [3.8, 4) is 5.75 Å². The van der Waals surface area contributed by atoms with E-state index >= 15 is 8.78 Å². The van der Waals surface area contributed by atoms with Gasteiger partial charge in [-0.15, -0.1) is 6.58 Å². The van der Waals surface area contributed by atoms with Crippen LogP contribution in [0.25, 0.3) is 6.08 Å². The fourth-order valence-electron chi connectivity index (χ4n) is 6.94. The van der Waals surface area contributed by atoms with Gasteiger partial charge in [-0.1, -0.05) is 43.0 Å². The molecule has 3 atom stereocenters. The van der Waals surface area contributed by atoms with E-state index in [0.717, 1.165) is 16.0 Å². The Labute approximate surface area is 292 Å². The van der Waals surface area contributed by atoms with E-state index in [-0.39, 0.29) is 29.1 Å². The second kappa shape index (κ2) is 13.5. The van der Waals surface area contributed by atoms with E-state index in [9.17, 15) is 14.4 Å². The maximum Gasteiger partial charge on any atom is 0.414 e. The predicted octanol–water partition coefficient (Wildman–Crippen LogP) is 8.29. The van der Waals surface area contributed by atoms with Gasteiger partial charge in [0.2, 0.25) is 11.9 Å². The van der Waals surface area contributed by atoms with E-state index in [1.54, 1.807) is 52.0 Å². The first kappa shape index (κ1) is 36.5. The van der Waals surface area contributed by atoms with Gasteiger partial charge in [0.05, 0.1) is 24.0 Å². The van der Waals surface area contributed by atoms with E-state index in [1.165, 1.54) is 18.2 Å². The Hall–Kier alpha value is -4.80. The molecule has 50 heavy (non-hydrogen) atoms. The minimum atomic E-state index is -3.32. The molecule has 266 valence electrons. The standard InChI is InChI=1S/C39H46F2N4O5/c1-9-12-18-38(17-10-2)23-32(46)45(34(44-38)43-35(48)50-36(4,5)6)30-22-39(40,41)28-15-14-25(20-26(28)30)33(47)42-29-21-37(7,8)49-31-16-13-24(11-3)19-27(29)31/h9-11,13-17,19-20,29-30H,1,3,12,18,21-23H2,2,4-8H3,(H,42,47)(H,43,44,48)/b17-10+/t29-,30+,38+/m0/s1. The number of nitrogens with zero attached hydrogens (tertiary/aromatic N) is 2. The summed E-state index contributed by atoms with van der Waals surface area (Å²) in [7, 11) is 0. The molecule has 0 unspecified atom stereocenters. The summed E-state index contributed by atoms with van der Waals surface area (Å²) in [5.74, 6) is -3.85. The van der Waals surface area contributed by atoms with Crippen LogP contribution < -0.4 is 15.4 Å². The zero-order valence-corrected chi connectivity index (χ0v) is 29.6. The van der Waals surface area contributed by atoms with Crippen LogP contribution in [0.3, 0.4) is 0 Å². The third-order valence-electron chi connectivity index (χ3n) is 9.01. The van der Waals surface area contributed by atoms with Crippen molar-refractivity contribution in [1.29, 1.82) is 0 Å². The topological polar surface area (TPSA) is 109 Å². The third kappa shape index (κ3) is 7.66. The number of aliphatic imine (C=N–C) groups is 1. The van der Waals surface area contributed by atoms with E-state index < -0.39 is 59.1 Å². The van der Waals surface area contributed by atoms with Crippen LogP contribution in [0.5, 0.6) is 5.75 Å². The molecular formula is C39H46F2N4O5. The number of ether oxygens (including phenoxy) is 2. The summed E-state index contributed by atoms with van der Waals surface area (Å²) < 4.78 is 43.1. The number of hydrogen-bond donors (Lipinski definition) is 2. The van der Waals surface area contributed by atoms with Crippen molar-refractivity contribution in [2.24, 2.45) is 4.99 Å². The first-order valence-electron chi connectivity index (χ1n) is 16.8. The average Bonchev–Trinajstić information content (AvgIpc) is 3.27. The maximum atomic E-state index is 15.7. The van der Waals surface area contributed by atoms with Crippen molar-refractivity contribution in [3.63, 3.8) is 0 Å². The Bertz CT molecular complexity index is 1780. The molecule has 9 nitrogen and oxygen atoms in total. The van der Waals surface area contributed by atoms with Gasteiger partial charge in [-0.2, -0.15) is 0 Å². The number of fused-ring (bicyclic) bond motifs is 2. The number of guanidine groups is 1. The first-order chi connectivity index (χ1) is 23.4. The van der Waals surface area contributed by atoms with E-state index in [2.05, 4.69) is 23.8 Å². The SMILES string of the molecule is C=CCC[C@]1(/C=C/C)CC(=O)N([C@@H]2CC(F)(F)c3ccc(C(=O)N[C@H]4CC(C)(C)Oc5ccc(C=C)cc54)cc32)C(NC(=O)OC(C)(C)C)=N1. The average molecular weight is 689 g/mol. The van der Waals surface area contributed by atoms with Crippen molar-refractivity contribution < 1.29 is 32.6 Å². The van der Waals surface area contributed by atoms with Gasteiger partial charge >= 0.3 is 6.09 Å². The molecule has 2 N–H and O–H groups in total. The maximum absolute atomic E-state index is 15.7. The molecule has 0 aromatic heterocycles. The molecule has 0 fully saturated rings. The molecule has 0 saturated carbocycles. The van der Waals surface area contributed by atoms with E-state index in [4.69, 9.17) is 14.5 Å². The molecule has 2 aromatic carbocycles. The second-order valence-corrected chi connectivity index (χ2v) is 14.8. The van der Waals surface area contributed by atoms with Crippen LogP contribution in [0.1, 0.15) is 118 Å². The summed E-state index contributed by atoms with van der Waals surface area (Å²) in [6.45, 7) is 18.3. The van der Waals surface area contributed by atoms with Crippen molar-refractivity contribution >= 4 is 29.9 Å². The number of alkyl carbamates (subject to hydrolysis) is 1. The Kier molecular flexibility index (Phi) is 9.84. The largest absolute Gasteiger partial charge is 0.487 e. The first-order valence-corrected chi connectivity index (χ1v) is 16.8. The molecule has 2 heterocycles. The minimum Gasteiger partial charge on any atom is -0.487 e. The van der Waals surface area contributed by atoms with Crippen molar-refractivity contribution in [1.82, 2.24) is 15.5 Å². The van der Waals surface area contributed by atoms with Crippen LogP contribution >= 0.6 is 0 Å². The number of amides is 3. The van der Waals surface area contributed by atoms with Crippen LogP contribution in [-0.4, -0.2) is 45.5 Å². The summed E-state index contributed by atoms with van der Waals surface area (Å²) in [6.07, 6.45) is 6.58. The Morgan fingerprint density at radius 1 is 1.12 bits per heavy atom. The molecule has 3 amide bonds. The van der Waals surface area contributed by atoms with Gasteiger partial charge in [-0.3, -0.25) is 19.8 Å². The molecular weight excluding hydrogens is 642 g/mol. The number of carbonyl (C=O) groups excluding carboxylic acids is 3. The minimum absolute atomic E-state index is 0.0981. The number of alkyl halides is 2. The highest BCUT2D eigenvalue weighted by atomic mass is 19.3. The molecule has 2 aliphatic heterocycles. The highest BCUT2D eigenvalue weighted by Crippen LogP contribution is 2.51. The number of halogens is 2.